The van der Waals surface area contributed by atoms with Crippen molar-refractivity contribution in [3.8, 4) is 0 Å². The number of nitrogens with zero attached hydrogens (tertiary/aromatic N) is 1. The van der Waals surface area contributed by atoms with Crippen LogP contribution in [0.1, 0.15) is 58.8 Å². The molecule has 1 heterocycles. The van der Waals surface area contributed by atoms with Crippen LogP contribution < -0.4 is 11.1 Å². The molecule has 0 aliphatic rings. The fraction of sp³-hybridized carbons (Fsp3) is 0.368. The second-order valence-corrected chi connectivity index (χ2v) is 7.19. The minimum absolute atomic E-state index is 0.0440. The summed E-state index contributed by atoms with van der Waals surface area (Å²) < 4.78 is 1.53. The van der Waals surface area contributed by atoms with Gasteiger partial charge in [-0.2, -0.15) is 0 Å². The zero-order chi connectivity index (χ0) is 18.8. The van der Waals surface area contributed by atoms with E-state index < -0.39 is 12.0 Å². The van der Waals surface area contributed by atoms with Gasteiger partial charge in [0.05, 0.1) is 11.7 Å². The van der Waals surface area contributed by atoms with Gasteiger partial charge in [-0.25, -0.2) is 0 Å². The van der Waals surface area contributed by atoms with Crippen molar-refractivity contribution in [3.63, 3.8) is 0 Å². The monoisotopic (exact) mass is 343 g/mol. The Kier molecular flexibility index (Phi) is 5.33. The van der Waals surface area contributed by atoms with Crippen molar-refractivity contribution >= 4 is 11.8 Å². The second-order valence-electron chi connectivity index (χ2n) is 7.19. The zero-order valence-corrected chi connectivity index (χ0v) is 15.0. The molecule has 1 aromatic carbocycles. The summed E-state index contributed by atoms with van der Waals surface area (Å²) in [6.07, 6.45) is 0.688. The van der Waals surface area contributed by atoms with Crippen LogP contribution in [0.2, 0.25) is 0 Å². The molecule has 6 heteroatoms. The third kappa shape index (κ3) is 4.48. The molecule has 2 aromatic rings. The molecule has 0 bridgehead atoms. The Morgan fingerprint density at radius 2 is 1.84 bits per heavy atom. The smallest absolute Gasteiger partial charge is 0.268 e. The van der Waals surface area contributed by atoms with E-state index in [2.05, 4.69) is 26.1 Å². The third-order valence-electron chi connectivity index (χ3n) is 4.14. The maximum absolute atomic E-state index is 12.2. The largest absolute Gasteiger partial charge is 0.387 e. The lowest BCUT2D eigenvalue weighted by Crippen LogP contribution is -2.29. The van der Waals surface area contributed by atoms with Gasteiger partial charge in [0.15, 0.2) is 0 Å². The molecule has 1 aromatic heterocycles. The fourth-order valence-corrected chi connectivity index (χ4v) is 2.53. The highest BCUT2D eigenvalue weighted by atomic mass is 16.3. The van der Waals surface area contributed by atoms with Crippen LogP contribution in [0.4, 0.5) is 0 Å². The number of carbonyl (C=O) groups excluding carboxylic acids is 2. The molecular weight excluding hydrogens is 318 g/mol. The number of hydrogen-bond donors (Lipinski definition) is 3. The number of aliphatic hydroxyl groups is 1. The number of aliphatic hydroxyl groups excluding tert-OH is 1. The van der Waals surface area contributed by atoms with E-state index in [4.69, 9.17) is 5.73 Å². The van der Waals surface area contributed by atoms with Crippen LogP contribution in [-0.4, -0.2) is 28.0 Å². The Labute approximate surface area is 147 Å². The number of amides is 2. The summed E-state index contributed by atoms with van der Waals surface area (Å²) in [6, 6.07) is 9.13. The molecular formula is C19H25N3O3. The average molecular weight is 343 g/mol. The normalized spacial score (nSPS) is 12.7. The molecule has 1 atom stereocenters. The van der Waals surface area contributed by atoms with Crippen LogP contribution in [-0.2, 0) is 12.5 Å². The first-order valence-corrected chi connectivity index (χ1v) is 8.12. The number of hydrogen-bond acceptors (Lipinski definition) is 3. The standard InChI is InChI=1S/C19H25N3O3/c1-19(2,3)14-7-5-12(6-8-14)16(23)10-21-18(25)15-9-13(17(20)24)11-22(15)4/h5-9,11,16,23H,10H2,1-4H3,(H2,20,24)(H,21,25). The lowest BCUT2D eigenvalue weighted by atomic mass is 9.86. The first-order chi connectivity index (χ1) is 11.6. The van der Waals surface area contributed by atoms with Crippen LogP contribution in [0.15, 0.2) is 36.5 Å². The molecule has 25 heavy (non-hydrogen) atoms. The maximum atomic E-state index is 12.2. The summed E-state index contributed by atoms with van der Waals surface area (Å²) in [5.74, 6) is -0.964. The number of nitrogens with two attached hydrogens (primary N) is 1. The summed E-state index contributed by atoms with van der Waals surface area (Å²) >= 11 is 0. The Morgan fingerprint density at radius 1 is 1.24 bits per heavy atom. The summed E-state index contributed by atoms with van der Waals surface area (Å²) in [5.41, 5.74) is 7.75. The van der Waals surface area contributed by atoms with Gasteiger partial charge in [-0.1, -0.05) is 45.0 Å². The van der Waals surface area contributed by atoms with Crippen LogP contribution in [0, 0.1) is 0 Å². The number of rotatable bonds is 5. The fourth-order valence-electron chi connectivity index (χ4n) is 2.53. The number of benzene rings is 1. The van der Waals surface area contributed by atoms with Crippen molar-refractivity contribution in [3.05, 3.63) is 58.9 Å². The predicted octanol–water partition coefficient (Wildman–Crippen LogP) is 1.88. The van der Waals surface area contributed by atoms with Crippen molar-refractivity contribution in [1.82, 2.24) is 9.88 Å². The van der Waals surface area contributed by atoms with Crippen molar-refractivity contribution < 1.29 is 14.7 Å². The van der Waals surface area contributed by atoms with Crippen molar-refractivity contribution in [2.24, 2.45) is 12.8 Å². The first-order valence-electron chi connectivity index (χ1n) is 8.12. The molecule has 6 nitrogen and oxygen atoms in total. The highest BCUT2D eigenvalue weighted by molar-refractivity contribution is 5.98. The molecule has 0 radical (unpaired) electrons. The summed E-state index contributed by atoms with van der Waals surface area (Å²) in [5, 5.41) is 13.0. The molecule has 4 N–H and O–H groups in total. The van der Waals surface area contributed by atoms with E-state index in [1.807, 2.05) is 24.3 Å². The zero-order valence-electron chi connectivity index (χ0n) is 15.0. The lowest BCUT2D eigenvalue weighted by Gasteiger charge is -2.20. The highest BCUT2D eigenvalue weighted by Crippen LogP contribution is 2.23. The summed E-state index contributed by atoms with van der Waals surface area (Å²) in [7, 11) is 1.66. The molecule has 134 valence electrons. The molecule has 1 unspecified atom stereocenters. The van der Waals surface area contributed by atoms with Gasteiger partial charge >= 0.3 is 0 Å². The Morgan fingerprint density at radius 3 is 2.32 bits per heavy atom. The van der Waals surface area contributed by atoms with E-state index in [-0.39, 0.29) is 23.4 Å². The minimum Gasteiger partial charge on any atom is -0.387 e. The highest BCUT2D eigenvalue weighted by Gasteiger charge is 2.17. The van der Waals surface area contributed by atoms with Gasteiger partial charge in [0, 0.05) is 19.8 Å². The van der Waals surface area contributed by atoms with Crippen molar-refractivity contribution in [2.45, 2.75) is 32.3 Å². The maximum Gasteiger partial charge on any atom is 0.268 e. The topological polar surface area (TPSA) is 97.4 Å². The van der Waals surface area contributed by atoms with Crippen LogP contribution in [0.3, 0.4) is 0 Å². The first kappa shape index (κ1) is 18.7. The lowest BCUT2D eigenvalue weighted by molar-refractivity contribution is 0.0908. The van der Waals surface area contributed by atoms with Crippen molar-refractivity contribution in [2.75, 3.05) is 6.54 Å². The number of aryl methyl sites for hydroxylation is 1. The van der Waals surface area contributed by atoms with E-state index in [0.29, 0.717) is 5.69 Å². The summed E-state index contributed by atoms with van der Waals surface area (Å²) in [6.45, 7) is 6.45. The van der Waals surface area contributed by atoms with Crippen LogP contribution in [0.5, 0.6) is 0 Å². The van der Waals surface area contributed by atoms with Crippen LogP contribution >= 0.6 is 0 Å². The molecule has 0 aliphatic carbocycles. The van der Waals surface area contributed by atoms with Gasteiger partial charge < -0.3 is 20.7 Å². The van der Waals surface area contributed by atoms with E-state index in [9.17, 15) is 14.7 Å². The molecule has 2 rings (SSSR count). The third-order valence-corrected chi connectivity index (χ3v) is 4.14. The number of nitrogens with one attached hydrogen (secondary N) is 1. The Hall–Kier alpha value is -2.60. The van der Waals surface area contributed by atoms with Gasteiger partial charge in [-0.15, -0.1) is 0 Å². The van der Waals surface area contributed by atoms with Crippen LogP contribution in [0.25, 0.3) is 0 Å². The van der Waals surface area contributed by atoms with E-state index in [1.165, 1.54) is 22.4 Å². The van der Waals surface area contributed by atoms with Gasteiger partial charge in [-0.05, 0) is 22.6 Å². The molecule has 0 saturated carbocycles. The average Bonchev–Trinajstić information content (AvgIpc) is 2.94. The molecule has 0 fully saturated rings. The number of primary amides is 1. The van der Waals surface area contributed by atoms with E-state index >= 15 is 0 Å². The Balaban J connectivity index is 2.01. The van der Waals surface area contributed by atoms with E-state index in [0.717, 1.165) is 5.56 Å². The minimum atomic E-state index is -0.811. The molecule has 0 aliphatic heterocycles. The second kappa shape index (κ2) is 7.11. The molecule has 2 amide bonds. The van der Waals surface area contributed by atoms with Gasteiger partial charge in [0.1, 0.15) is 5.69 Å². The van der Waals surface area contributed by atoms with Gasteiger partial charge in [0.25, 0.3) is 5.91 Å². The van der Waals surface area contributed by atoms with E-state index in [1.54, 1.807) is 7.05 Å². The number of carbonyl (C=O) groups is 2. The summed E-state index contributed by atoms with van der Waals surface area (Å²) in [4.78, 5) is 23.4. The number of aromatic nitrogens is 1. The van der Waals surface area contributed by atoms with Crippen molar-refractivity contribution in [1.29, 1.82) is 0 Å². The Bertz CT molecular complexity index is 770. The van der Waals surface area contributed by atoms with Gasteiger partial charge in [0.2, 0.25) is 5.91 Å². The predicted molar refractivity (Wildman–Crippen MR) is 96.4 cm³/mol. The van der Waals surface area contributed by atoms with Gasteiger partial charge in [-0.3, -0.25) is 9.59 Å². The quantitative estimate of drug-likeness (QED) is 0.773. The SMILES string of the molecule is Cn1cc(C(N)=O)cc1C(=O)NCC(O)c1ccc(C(C)(C)C)cc1. The molecule has 0 saturated heterocycles. The molecule has 0 spiro atoms.